The topological polar surface area (TPSA) is 87.6 Å². The molecule has 0 atom stereocenters. The zero-order chi connectivity index (χ0) is 22.6. The molecule has 0 aromatic carbocycles. The van der Waals surface area contributed by atoms with E-state index < -0.39 is 11.4 Å². The van der Waals surface area contributed by atoms with Crippen LogP contribution in [0.1, 0.15) is 46.1 Å². The number of aromatic nitrogens is 2. The molecule has 2 aromatic heterocycles. The Balaban J connectivity index is 2.07. The van der Waals surface area contributed by atoms with Gasteiger partial charge in [0.15, 0.2) is 5.82 Å². The molecule has 7 nitrogen and oxygen atoms in total. The average molecular weight is 447 g/mol. The van der Waals surface area contributed by atoms with E-state index in [4.69, 9.17) is 21.3 Å². The first-order valence-corrected chi connectivity index (χ1v) is 11.0. The van der Waals surface area contributed by atoms with E-state index in [2.05, 4.69) is 29.0 Å². The van der Waals surface area contributed by atoms with Crippen molar-refractivity contribution in [2.75, 3.05) is 30.0 Å². The van der Waals surface area contributed by atoms with Crippen molar-refractivity contribution in [2.24, 2.45) is 5.92 Å². The molecule has 0 saturated carbocycles. The molecule has 0 aliphatic carbocycles. The van der Waals surface area contributed by atoms with Gasteiger partial charge < -0.3 is 20.1 Å². The van der Waals surface area contributed by atoms with Crippen LogP contribution in [0.5, 0.6) is 0 Å². The molecule has 31 heavy (non-hydrogen) atoms. The lowest BCUT2D eigenvalue weighted by Gasteiger charge is -2.37. The molecule has 1 saturated heterocycles. The normalized spacial score (nSPS) is 15.2. The highest BCUT2D eigenvalue weighted by atomic mass is 35.5. The van der Waals surface area contributed by atoms with E-state index in [0.29, 0.717) is 28.4 Å². The van der Waals surface area contributed by atoms with E-state index in [1.54, 1.807) is 38.4 Å². The summed E-state index contributed by atoms with van der Waals surface area (Å²) in [4.78, 5) is 23.3. The fourth-order valence-electron chi connectivity index (χ4n) is 3.63. The van der Waals surface area contributed by atoms with Crippen LogP contribution in [0.15, 0.2) is 30.6 Å². The van der Waals surface area contributed by atoms with Gasteiger partial charge in [-0.3, -0.25) is 4.79 Å². The highest BCUT2D eigenvalue weighted by Gasteiger charge is 2.32. The fraction of sp³-hybridized carbons (Fsp3) is 0.522. The molecule has 0 bridgehead atoms. The smallest absolute Gasteiger partial charge is 0.313 e. The number of hydrogen-bond acceptors (Lipinski definition) is 6. The van der Waals surface area contributed by atoms with Gasteiger partial charge in [-0.15, -0.1) is 0 Å². The molecule has 0 radical (unpaired) electrons. The Hall–Kier alpha value is -2.38. The largest absolute Gasteiger partial charge is 0.481 e. The fourth-order valence-corrected chi connectivity index (χ4v) is 3.74. The summed E-state index contributed by atoms with van der Waals surface area (Å²) in [5.74, 6) is 0.943. The maximum Gasteiger partial charge on any atom is 0.313 e. The number of anilines is 3. The van der Waals surface area contributed by atoms with Crippen LogP contribution in [0.3, 0.4) is 0 Å². The van der Waals surface area contributed by atoms with Gasteiger partial charge >= 0.3 is 5.97 Å². The van der Waals surface area contributed by atoms with Crippen molar-refractivity contribution in [1.29, 1.82) is 0 Å². The minimum Gasteiger partial charge on any atom is -0.481 e. The van der Waals surface area contributed by atoms with Crippen LogP contribution in [0.4, 0.5) is 17.3 Å². The number of carbonyl (C=O) groups is 1. The van der Waals surface area contributed by atoms with Crippen molar-refractivity contribution < 1.29 is 14.6 Å². The second-order valence-corrected chi connectivity index (χ2v) is 9.34. The summed E-state index contributed by atoms with van der Waals surface area (Å²) in [7, 11) is 0. The van der Waals surface area contributed by atoms with E-state index in [1.807, 2.05) is 6.07 Å². The highest BCUT2D eigenvalue weighted by molar-refractivity contribution is 6.30. The number of nitrogens with zero attached hydrogens (tertiary/aromatic N) is 3. The number of carboxylic acid groups (broad SMARTS) is 1. The molecule has 0 unspecified atom stereocenters. The second kappa shape index (κ2) is 9.83. The number of carboxylic acids is 1. The average Bonchev–Trinajstić information content (AvgIpc) is 2.74. The van der Waals surface area contributed by atoms with Crippen molar-refractivity contribution >= 4 is 34.9 Å². The molecule has 0 amide bonds. The van der Waals surface area contributed by atoms with E-state index in [9.17, 15) is 9.90 Å². The Labute approximate surface area is 188 Å². The minimum absolute atomic E-state index is 0.306. The van der Waals surface area contributed by atoms with Crippen LogP contribution in [0.2, 0.25) is 5.02 Å². The minimum atomic E-state index is -1.07. The molecule has 0 spiro atoms. The van der Waals surface area contributed by atoms with Crippen LogP contribution < -0.4 is 10.2 Å². The van der Waals surface area contributed by atoms with Crippen LogP contribution in [0, 0.1) is 5.92 Å². The maximum atomic E-state index is 11.8. The summed E-state index contributed by atoms with van der Waals surface area (Å²) in [5, 5.41) is 13.6. The SMILES string of the molecule is CC(C)CN(c1ncc(C(C)(C)C(=O)O)cc1Nc1ccc(Cl)cn1)C1CCOCC1. The van der Waals surface area contributed by atoms with E-state index in [1.165, 1.54) is 0 Å². The van der Waals surface area contributed by atoms with Crippen molar-refractivity contribution in [3.05, 3.63) is 41.2 Å². The third-order valence-corrected chi connectivity index (χ3v) is 5.80. The van der Waals surface area contributed by atoms with Crippen molar-refractivity contribution in [2.45, 2.75) is 52.0 Å². The first-order valence-electron chi connectivity index (χ1n) is 10.7. The molecule has 3 heterocycles. The van der Waals surface area contributed by atoms with E-state index in [0.717, 1.165) is 44.1 Å². The zero-order valence-electron chi connectivity index (χ0n) is 18.6. The zero-order valence-corrected chi connectivity index (χ0v) is 19.3. The summed E-state index contributed by atoms with van der Waals surface area (Å²) in [5.41, 5.74) is 0.280. The quantitative estimate of drug-likeness (QED) is 0.597. The Morgan fingerprint density at radius 1 is 1.29 bits per heavy atom. The molecule has 8 heteroatoms. The lowest BCUT2D eigenvalue weighted by Crippen LogP contribution is -2.42. The number of aliphatic carboxylic acids is 1. The van der Waals surface area contributed by atoms with Crippen molar-refractivity contribution in [3.8, 4) is 0 Å². The second-order valence-electron chi connectivity index (χ2n) is 8.90. The van der Waals surface area contributed by atoms with E-state index in [-0.39, 0.29) is 0 Å². The first-order chi connectivity index (χ1) is 14.7. The summed E-state index contributed by atoms with van der Waals surface area (Å²) >= 11 is 5.99. The number of nitrogens with one attached hydrogen (secondary N) is 1. The van der Waals surface area contributed by atoms with Gasteiger partial charge in [0.05, 0.1) is 16.1 Å². The first kappa shape index (κ1) is 23.3. The molecule has 2 N–H and O–H groups in total. The van der Waals surface area contributed by atoms with Gasteiger partial charge in [-0.05, 0) is 56.4 Å². The van der Waals surface area contributed by atoms with Crippen molar-refractivity contribution in [3.63, 3.8) is 0 Å². The molecule has 1 aliphatic heterocycles. The Morgan fingerprint density at radius 3 is 2.58 bits per heavy atom. The van der Waals surface area contributed by atoms with Gasteiger partial charge in [-0.1, -0.05) is 25.4 Å². The highest BCUT2D eigenvalue weighted by Crippen LogP contribution is 2.35. The lowest BCUT2D eigenvalue weighted by atomic mass is 9.85. The Kier molecular flexibility index (Phi) is 7.38. The summed E-state index contributed by atoms with van der Waals surface area (Å²) in [6.45, 7) is 10.0. The van der Waals surface area contributed by atoms with E-state index >= 15 is 0 Å². The molecular formula is C23H31ClN4O3. The summed E-state index contributed by atoms with van der Waals surface area (Å²) < 4.78 is 5.57. The van der Waals surface area contributed by atoms with Gasteiger partial charge in [-0.25, -0.2) is 9.97 Å². The molecule has 1 fully saturated rings. The van der Waals surface area contributed by atoms with Gasteiger partial charge in [0, 0.05) is 38.2 Å². The summed E-state index contributed by atoms with van der Waals surface area (Å²) in [6, 6.07) is 5.74. The van der Waals surface area contributed by atoms with Crippen LogP contribution in [-0.2, 0) is 14.9 Å². The number of pyridine rings is 2. The lowest BCUT2D eigenvalue weighted by molar-refractivity contribution is -0.142. The van der Waals surface area contributed by atoms with Crippen LogP contribution >= 0.6 is 11.6 Å². The molecule has 2 aromatic rings. The van der Waals surface area contributed by atoms with Crippen LogP contribution in [-0.4, -0.2) is 46.8 Å². The van der Waals surface area contributed by atoms with Gasteiger partial charge in [0.2, 0.25) is 0 Å². The molecular weight excluding hydrogens is 416 g/mol. The molecule has 3 rings (SSSR count). The third-order valence-electron chi connectivity index (χ3n) is 5.58. The molecule has 1 aliphatic rings. The Morgan fingerprint density at radius 2 is 2.00 bits per heavy atom. The number of halogens is 1. The number of ether oxygens (including phenoxy) is 1. The maximum absolute atomic E-state index is 11.8. The Bertz CT molecular complexity index is 896. The monoisotopic (exact) mass is 446 g/mol. The molecule has 168 valence electrons. The third kappa shape index (κ3) is 5.66. The van der Waals surface area contributed by atoms with Gasteiger partial charge in [0.25, 0.3) is 0 Å². The van der Waals surface area contributed by atoms with Gasteiger partial charge in [-0.2, -0.15) is 0 Å². The summed E-state index contributed by atoms with van der Waals surface area (Å²) in [6.07, 6.45) is 5.10. The van der Waals surface area contributed by atoms with Crippen molar-refractivity contribution in [1.82, 2.24) is 9.97 Å². The predicted octanol–water partition coefficient (Wildman–Crippen LogP) is 4.88. The van der Waals surface area contributed by atoms with Crippen LogP contribution in [0.25, 0.3) is 0 Å². The van der Waals surface area contributed by atoms with Gasteiger partial charge in [0.1, 0.15) is 5.82 Å². The number of hydrogen-bond donors (Lipinski definition) is 2. The number of rotatable bonds is 8. The standard InChI is InChI=1S/C23H31ClN4O3/c1-15(2)14-28(18-7-9-31-10-8-18)21-19(27-20-6-5-17(24)13-25-20)11-16(12-26-21)23(3,4)22(29)30/h5-6,11-13,15,18H,7-10,14H2,1-4H3,(H,25,27)(H,29,30). The predicted molar refractivity (Wildman–Crippen MR) is 123 cm³/mol.